The number of aliphatic hydroxyl groups excluding tert-OH is 1. The molecule has 1 aliphatic heterocycles. The van der Waals surface area contributed by atoms with Crippen LogP contribution in [-0.4, -0.2) is 37.4 Å². The van der Waals surface area contributed by atoms with Crippen LogP contribution in [0.3, 0.4) is 0 Å². The number of nitrogens with zero attached hydrogens (tertiary/aromatic N) is 5. The molecule has 1 amide bonds. The maximum atomic E-state index is 14.7. The van der Waals surface area contributed by atoms with Crippen LogP contribution < -0.4 is 4.90 Å². The predicted molar refractivity (Wildman–Crippen MR) is 91.6 cm³/mol. The Kier molecular flexibility index (Phi) is 4.53. The van der Waals surface area contributed by atoms with Gasteiger partial charge in [0, 0.05) is 0 Å². The van der Waals surface area contributed by atoms with Crippen LogP contribution in [0.5, 0.6) is 0 Å². The van der Waals surface area contributed by atoms with Crippen LogP contribution in [0.25, 0.3) is 5.82 Å². The number of amides is 1. The maximum absolute atomic E-state index is 14.7. The van der Waals surface area contributed by atoms with E-state index >= 15 is 0 Å². The minimum absolute atomic E-state index is 0.249. The van der Waals surface area contributed by atoms with E-state index in [1.165, 1.54) is 35.4 Å². The molecule has 2 aromatic heterocycles. The summed E-state index contributed by atoms with van der Waals surface area (Å²) in [4.78, 5) is 18.6. The van der Waals surface area contributed by atoms with Crippen LogP contribution in [-0.2, 0) is 17.3 Å². The molecule has 0 radical (unpaired) electrons. The Balaban J connectivity index is 1.74. The number of anilines is 1. The van der Waals surface area contributed by atoms with Gasteiger partial charge in [-0.15, -0.1) is 4.80 Å². The van der Waals surface area contributed by atoms with Crippen molar-refractivity contribution >= 4 is 11.6 Å². The van der Waals surface area contributed by atoms with Gasteiger partial charge in [0.25, 0.3) is 6.43 Å². The van der Waals surface area contributed by atoms with Crippen molar-refractivity contribution in [3.05, 3.63) is 65.6 Å². The molecule has 3 heterocycles. The molecule has 0 fully saturated rings. The summed E-state index contributed by atoms with van der Waals surface area (Å²) in [6.07, 6.45) is -2.84. The van der Waals surface area contributed by atoms with Gasteiger partial charge < -0.3 is 10.0 Å². The summed E-state index contributed by atoms with van der Waals surface area (Å²) < 4.78 is 55.2. The molecule has 1 aromatic carbocycles. The normalized spacial score (nSPS) is 16.3. The number of hydrogen-bond donors (Lipinski definition) is 1. The van der Waals surface area contributed by atoms with Crippen LogP contribution in [0, 0.1) is 0 Å². The Bertz CT molecular complexity index is 1060. The number of aromatic nitrogens is 4. The highest BCUT2D eigenvalue weighted by Crippen LogP contribution is 2.48. The van der Waals surface area contributed by atoms with Gasteiger partial charge in [-0.25, -0.2) is 13.8 Å². The maximum Gasteiger partial charge on any atom is 0.352 e. The number of hydrogen-bond acceptors (Lipinski definition) is 5. The van der Waals surface area contributed by atoms with Crippen molar-refractivity contribution < 1.29 is 27.5 Å². The summed E-state index contributed by atoms with van der Waals surface area (Å²) >= 11 is 0. The standard InChI is InChI=1S/C18H13F4N5O2/c19-16(20)15(28)11-4-2-5-12-14(11)18(21,22)17(29)26(12)9-10-3-1-6-13(25-10)27-23-7-8-24-27/h1-8,15-16,28H,9H2. The average molecular weight is 407 g/mol. The van der Waals surface area contributed by atoms with E-state index in [-0.39, 0.29) is 17.9 Å². The van der Waals surface area contributed by atoms with Gasteiger partial charge in [0.05, 0.1) is 35.9 Å². The van der Waals surface area contributed by atoms with Crippen molar-refractivity contribution in [3.8, 4) is 5.82 Å². The number of fused-ring (bicyclic) bond motifs is 1. The fourth-order valence-corrected chi connectivity index (χ4v) is 3.21. The zero-order valence-electron chi connectivity index (χ0n) is 14.6. The summed E-state index contributed by atoms with van der Waals surface area (Å²) in [6.45, 7) is -0.329. The van der Waals surface area contributed by atoms with Crippen molar-refractivity contribution in [2.24, 2.45) is 0 Å². The van der Waals surface area contributed by atoms with E-state index in [4.69, 9.17) is 0 Å². The van der Waals surface area contributed by atoms with Gasteiger partial charge in [-0.2, -0.15) is 19.0 Å². The van der Waals surface area contributed by atoms with Crippen LogP contribution in [0.4, 0.5) is 23.2 Å². The SMILES string of the molecule is O=C1N(Cc2cccc(-n3nccn3)n2)c2cccc(C(O)C(F)F)c2C1(F)F. The first-order valence-electron chi connectivity index (χ1n) is 8.42. The number of aliphatic hydroxyl groups is 1. The molecule has 11 heteroatoms. The number of carbonyl (C=O) groups is 1. The lowest BCUT2D eigenvalue weighted by Crippen LogP contribution is -2.34. The van der Waals surface area contributed by atoms with Gasteiger partial charge in [-0.1, -0.05) is 18.2 Å². The molecular formula is C18H13F4N5O2. The molecule has 1 aliphatic rings. The molecule has 0 saturated heterocycles. The second-order valence-corrected chi connectivity index (χ2v) is 6.29. The molecule has 0 bridgehead atoms. The molecule has 0 spiro atoms. The first-order valence-corrected chi connectivity index (χ1v) is 8.42. The van der Waals surface area contributed by atoms with Crippen molar-refractivity contribution in [1.82, 2.24) is 20.0 Å². The number of benzene rings is 1. The fourth-order valence-electron chi connectivity index (χ4n) is 3.21. The number of halogens is 4. The monoisotopic (exact) mass is 407 g/mol. The molecular weight excluding hydrogens is 394 g/mol. The third-order valence-electron chi connectivity index (χ3n) is 4.49. The van der Waals surface area contributed by atoms with E-state index in [1.54, 1.807) is 12.1 Å². The Morgan fingerprint density at radius 3 is 2.45 bits per heavy atom. The van der Waals surface area contributed by atoms with Crippen LogP contribution >= 0.6 is 0 Å². The second-order valence-electron chi connectivity index (χ2n) is 6.29. The summed E-state index contributed by atoms with van der Waals surface area (Å²) in [7, 11) is 0. The first kappa shape index (κ1) is 19.0. The highest BCUT2D eigenvalue weighted by atomic mass is 19.3. The highest BCUT2D eigenvalue weighted by molar-refractivity contribution is 6.06. The Morgan fingerprint density at radius 1 is 1.07 bits per heavy atom. The third kappa shape index (κ3) is 3.12. The molecule has 0 aliphatic carbocycles. The zero-order chi connectivity index (χ0) is 20.8. The summed E-state index contributed by atoms with van der Waals surface area (Å²) in [5.74, 6) is -5.32. The van der Waals surface area contributed by atoms with E-state index in [1.807, 2.05) is 0 Å². The first-order chi connectivity index (χ1) is 13.8. The van der Waals surface area contributed by atoms with Crippen LogP contribution in [0.1, 0.15) is 22.9 Å². The Morgan fingerprint density at radius 2 is 1.76 bits per heavy atom. The molecule has 29 heavy (non-hydrogen) atoms. The lowest BCUT2D eigenvalue weighted by Gasteiger charge is -2.18. The molecule has 1 N–H and O–H groups in total. The van der Waals surface area contributed by atoms with Crippen molar-refractivity contribution in [1.29, 1.82) is 0 Å². The molecule has 7 nitrogen and oxygen atoms in total. The van der Waals surface area contributed by atoms with Crippen molar-refractivity contribution in [2.45, 2.75) is 25.0 Å². The van der Waals surface area contributed by atoms with Gasteiger partial charge in [0.2, 0.25) is 0 Å². The minimum atomic E-state index is -4.05. The average Bonchev–Trinajstić information content (AvgIpc) is 3.30. The fraction of sp³-hybridized carbons (Fsp3) is 0.222. The van der Waals surface area contributed by atoms with Gasteiger partial charge in [-0.05, 0) is 23.8 Å². The van der Waals surface area contributed by atoms with E-state index in [9.17, 15) is 27.5 Å². The molecule has 150 valence electrons. The highest BCUT2D eigenvalue weighted by Gasteiger charge is 2.55. The number of alkyl halides is 4. The van der Waals surface area contributed by atoms with Crippen LogP contribution in [0.15, 0.2) is 48.8 Å². The largest absolute Gasteiger partial charge is 0.382 e. The summed E-state index contributed by atoms with van der Waals surface area (Å²) in [6, 6.07) is 8.12. The minimum Gasteiger partial charge on any atom is -0.382 e. The van der Waals surface area contributed by atoms with E-state index in [2.05, 4.69) is 15.2 Å². The quantitative estimate of drug-likeness (QED) is 0.658. The van der Waals surface area contributed by atoms with Gasteiger partial charge in [0.15, 0.2) is 5.82 Å². The molecule has 1 atom stereocenters. The smallest absolute Gasteiger partial charge is 0.352 e. The number of pyridine rings is 1. The third-order valence-corrected chi connectivity index (χ3v) is 4.49. The Labute approximate surface area is 161 Å². The summed E-state index contributed by atoms with van der Waals surface area (Å²) in [5, 5.41) is 17.5. The number of rotatable bonds is 5. The Hall–Kier alpha value is -3.34. The van der Waals surface area contributed by atoms with E-state index in [0.29, 0.717) is 5.82 Å². The lowest BCUT2D eigenvalue weighted by molar-refractivity contribution is -0.142. The molecule has 1 unspecified atom stereocenters. The zero-order valence-corrected chi connectivity index (χ0v) is 14.6. The summed E-state index contributed by atoms with van der Waals surface area (Å²) in [5.41, 5.74) is -1.58. The molecule has 3 aromatic rings. The molecule has 4 rings (SSSR count). The van der Waals surface area contributed by atoms with Crippen LogP contribution in [0.2, 0.25) is 0 Å². The van der Waals surface area contributed by atoms with Crippen molar-refractivity contribution in [2.75, 3.05) is 4.90 Å². The number of carbonyl (C=O) groups excluding carboxylic acids is 1. The van der Waals surface area contributed by atoms with E-state index < -0.39 is 35.5 Å². The van der Waals surface area contributed by atoms with Gasteiger partial charge >= 0.3 is 11.8 Å². The van der Waals surface area contributed by atoms with Crippen molar-refractivity contribution in [3.63, 3.8) is 0 Å². The second kappa shape index (κ2) is 6.92. The topological polar surface area (TPSA) is 84.1 Å². The van der Waals surface area contributed by atoms with E-state index in [0.717, 1.165) is 11.0 Å². The predicted octanol–water partition coefficient (Wildman–Crippen LogP) is 2.60. The van der Waals surface area contributed by atoms with Gasteiger partial charge in [-0.3, -0.25) is 4.79 Å². The molecule has 0 saturated carbocycles. The lowest BCUT2D eigenvalue weighted by atomic mass is 9.98. The van der Waals surface area contributed by atoms with Gasteiger partial charge in [0.1, 0.15) is 6.10 Å².